The first kappa shape index (κ1) is 21.1. The van der Waals surface area contributed by atoms with Gasteiger partial charge in [0, 0.05) is 36.6 Å². The van der Waals surface area contributed by atoms with Crippen LogP contribution in [0, 0.1) is 6.92 Å². The van der Waals surface area contributed by atoms with Crippen LogP contribution in [0.5, 0.6) is 0 Å². The molecule has 0 N–H and O–H groups in total. The summed E-state index contributed by atoms with van der Waals surface area (Å²) in [5.74, 6) is 0.219. The number of hydrogen-bond donors (Lipinski definition) is 0. The second-order valence-electron chi connectivity index (χ2n) is 7.92. The van der Waals surface area contributed by atoms with E-state index in [1.54, 1.807) is 11.1 Å². The van der Waals surface area contributed by atoms with E-state index >= 15 is 0 Å². The molecule has 2 aliphatic heterocycles. The van der Waals surface area contributed by atoms with E-state index in [2.05, 4.69) is 31.8 Å². The van der Waals surface area contributed by atoms with Gasteiger partial charge in [0.15, 0.2) is 0 Å². The lowest BCUT2D eigenvalue weighted by Gasteiger charge is -2.29. The Bertz CT molecular complexity index is 794. The molecule has 2 aliphatic rings. The molecule has 0 aliphatic carbocycles. The number of carbonyl (C=O) groups excluding carboxylic acids is 2. The summed E-state index contributed by atoms with van der Waals surface area (Å²) in [6.07, 6.45) is 4.94. The largest absolute Gasteiger partial charge is 0.315 e. The first-order valence-corrected chi connectivity index (χ1v) is 9.65. The fourth-order valence-electron chi connectivity index (χ4n) is 3.62. The Hall–Kier alpha value is -2.17. The van der Waals surface area contributed by atoms with Crippen molar-refractivity contribution in [3.8, 4) is 0 Å². The molecule has 2 heterocycles. The SMILES string of the molecule is CC=NC1=C(CC)C(=O)[B]C(C)(C)C1.Cc1ccc2c(c1)CCC(=O)N2C. The van der Waals surface area contributed by atoms with Crippen molar-refractivity contribution in [2.45, 2.75) is 65.6 Å². The van der Waals surface area contributed by atoms with Gasteiger partial charge in [0.2, 0.25) is 13.2 Å². The smallest absolute Gasteiger partial charge is 0.227 e. The zero-order valence-electron chi connectivity index (χ0n) is 17.4. The zero-order valence-corrected chi connectivity index (χ0v) is 17.4. The number of benzene rings is 1. The number of carbonyl (C=O) groups is 2. The third-order valence-corrected chi connectivity index (χ3v) is 5.01. The summed E-state index contributed by atoms with van der Waals surface area (Å²) < 4.78 is 0. The van der Waals surface area contributed by atoms with E-state index in [4.69, 9.17) is 0 Å². The highest BCUT2D eigenvalue weighted by Gasteiger charge is 2.33. The molecule has 143 valence electrons. The highest BCUT2D eigenvalue weighted by molar-refractivity contribution is 6.80. The molecule has 0 atom stereocenters. The van der Waals surface area contributed by atoms with E-state index in [0.717, 1.165) is 36.2 Å². The van der Waals surface area contributed by atoms with E-state index < -0.39 is 0 Å². The van der Waals surface area contributed by atoms with Gasteiger partial charge >= 0.3 is 0 Å². The van der Waals surface area contributed by atoms with Gasteiger partial charge in [-0.2, -0.15) is 0 Å². The Morgan fingerprint density at radius 3 is 2.59 bits per heavy atom. The molecule has 5 heteroatoms. The van der Waals surface area contributed by atoms with E-state index in [0.29, 0.717) is 6.42 Å². The molecule has 1 radical (unpaired) electrons. The van der Waals surface area contributed by atoms with Crippen LogP contribution in [-0.2, 0) is 16.0 Å². The maximum atomic E-state index is 11.7. The van der Waals surface area contributed by atoms with E-state index in [1.807, 2.05) is 40.3 Å². The van der Waals surface area contributed by atoms with Gasteiger partial charge in [0.25, 0.3) is 0 Å². The summed E-state index contributed by atoms with van der Waals surface area (Å²) >= 11 is 0. The van der Waals surface area contributed by atoms with Gasteiger partial charge in [-0.15, -0.1) is 0 Å². The fourth-order valence-corrected chi connectivity index (χ4v) is 3.62. The predicted molar refractivity (Wildman–Crippen MR) is 114 cm³/mol. The standard InChI is InChI=1S/C11H17BNO.C11H13NO/c1-5-8-9(13-6-2)7-11(3,4)12-10(8)14;1-8-3-5-10-9(7-8)4-6-11(13)12(10)2/h6H,5,7H2,1-4H3;3,5,7H,4,6H2,1-2H3. The number of rotatable bonds is 2. The van der Waals surface area contributed by atoms with Crippen LogP contribution in [0.15, 0.2) is 34.5 Å². The molecular formula is C22H30BN2O2. The molecule has 0 saturated heterocycles. The summed E-state index contributed by atoms with van der Waals surface area (Å²) in [6, 6.07) is 6.24. The van der Waals surface area contributed by atoms with Crippen LogP contribution in [0.3, 0.4) is 0 Å². The number of amides is 1. The number of anilines is 1. The average Bonchev–Trinajstić information content (AvgIpc) is 2.58. The maximum absolute atomic E-state index is 11.7. The number of hydrogen-bond acceptors (Lipinski definition) is 3. The summed E-state index contributed by atoms with van der Waals surface area (Å²) in [4.78, 5) is 29.2. The first-order valence-electron chi connectivity index (χ1n) is 9.65. The molecule has 0 unspecified atom stereocenters. The summed E-state index contributed by atoms with van der Waals surface area (Å²) in [5.41, 5.74) is 5.63. The van der Waals surface area contributed by atoms with Gasteiger partial charge in [0.05, 0.1) is 0 Å². The Labute approximate surface area is 164 Å². The molecule has 3 rings (SSSR count). The van der Waals surface area contributed by atoms with Gasteiger partial charge in [-0.1, -0.05) is 38.5 Å². The molecule has 1 aromatic rings. The number of aliphatic imine (C=N–C) groups is 1. The van der Waals surface area contributed by atoms with Crippen LogP contribution in [0.25, 0.3) is 0 Å². The van der Waals surface area contributed by atoms with Crippen molar-refractivity contribution in [2.24, 2.45) is 4.99 Å². The topological polar surface area (TPSA) is 49.7 Å². The molecule has 0 spiro atoms. The van der Waals surface area contributed by atoms with Crippen molar-refractivity contribution in [3.05, 3.63) is 40.6 Å². The van der Waals surface area contributed by atoms with Crippen molar-refractivity contribution >= 4 is 30.8 Å². The summed E-state index contributed by atoms with van der Waals surface area (Å²) in [6.45, 7) is 10.1. The lowest BCUT2D eigenvalue weighted by molar-refractivity contribution is -0.118. The first-order chi connectivity index (χ1) is 12.7. The molecule has 27 heavy (non-hydrogen) atoms. The molecule has 0 aromatic heterocycles. The number of nitrogens with zero attached hydrogens (tertiary/aromatic N) is 2. The lowest BCUT2D eigenvalue weighted by atomic mass is 9.46. The normalized spacial score (nSPS) is 18.8. The molecular weight excluding hydrogens is 335 g/mol. The van der Waals surface area contributed by atoms with E-state index in [9.17, 15) is 9.59 Å². The number of allylic oxidation sites excluding steroid dienone is 2. The van der Waals surface area contributed by atoms with Crippen molar-refractivity contribution in [3.63, 3.8) is 0 Å². The van der Waals surface area contributed by atoms with Crippen molar-refractivity contribution < 1.29 is 9.59 Å². The third-order valence-electron chi connectivity index (χ3n) is 5.01. The van der Waals surface area contributed by atoms with Crippen molar-refractivity contribution in [2.75, 3.05) is 11.9 Å². The Morgan fingerprint density at radius 1 is 1.26 bits per heavy atom. The van der Waals surface area contributed by atoms with Crippen LogP contribution in [0.1, 0.15) is 58.1 Å². The third kappa shape index (κ3) is 5.18. The molecule has 0 saturated carbocycles. The maximum Gasteiger partial charge on any atom is 0.227 e. The van der Waals surface area contributed by atoms with Crippen LogP contribution in [-0.4, -0.2) is 32.1 Å². The van der Waals surface area contributed by atoms with Gasteiger partial charge in [-0.05, 0) is 50.1 Å². The monoisotopic (exact) mass is 365 g/mol. The van der Waals surface area contributed by atoms with Crippen molar-refractivity contribution in [1.82, 2.24) is 0 Å². The number of fused-ring (bicyclic) bond motifs is 1. The Balaban J connectivity index is 0.000000194. The molecule has 0 bridgehead atoms. The minimum Gasteiger partial charge on any atom is -0.315 e. The minimum atomic E-state index is -0.0441. The minimum absolute atomic E-state index is 0.0441. The zero-order chi connectivity index (χ0) is 20.2. The quantitative estimate of drug-likeness (QED) is 0.573. The predicted octanol–water partition coefficient (Wildman–Crippen LogP) is 4.48. The highest BCUT2D eigenvalue weighted by atomic mass is 16.2. The second kappa shape index (κ2) is 8.68. The van der Waals surface area contributed by atoms with Crippen molar-refractivity contribution in [1.29, 1.82) is 0 Å². The van der Waals surface area contributed by atoms with Gasteiger partial charge in [-0.25, -0.2) is 0 Å². The van der Waals surface area contributed by atoms with Gasteiger partial charge in [-0.3, -0.25) is 9.79 Å². The van der Waals surface area contributed by atoms with Gasteiger partial charge in [0.1, 0.15) is 5.68 Å². The van der Waals surface area contributed by atoms with Crippen LogP contribution >= 0.6 is 0 Å². The average molecular weight is 365 g/mol. The van der Waals surface area contributed by atoms with E-state index in [1.165, 1.54) is 11.1 Å². The highest BCUT2D eigenvalue weighted by Crippen LogP contribution is 2.38. The molecule has 4 nitrogen and oxygen atoms in total. The fraction of sp³-hybridized carbons (Fsp3) is 0.500. The van der Waals surface area contributed by atoms with Crippen LogP contribution < -0.4 is 4.90 Å². The summed E-state index contributed by atoms with van der Waals surface area (Å²) in [7, 11) is 3.66. The number of aryl methyl sites for hydroxylation is 2. The summed E-state index contributed by atoms with van der Waals surface area (Å²) in [5, 5.41) is -0.0441. The van der Waals surface area contributed by atoms with Crippen LogP contribution in [0.2, 0.25) is 5.31 Å². The molecule has 1 aromatic carbocycles. The molecule has 0 fully saturated rings. The Kier molecular flexibility index (Phi) is 6.80. The van der Waals surface area contributed by atoms with E-state index in [-0.39, 0.29) is 16.9 Å². The second-order valence-corrected chi connectivity index (χ2v) is 7.92. The lowest BCUT2D eigenvalue weighted by Crippen LogP contribution is -2.30. The molecule has 1 amide bonds. The Morgan fingerprint density at radius 2 is 1.96 bits per heavy atom. The van der Waals surface area contributed by atoms with Crippen LogP contribution in [0.4, 0.5) is 5.69 Å². The van der Waals surface area contributed by atoms with Gasteiger partial charge < -0.3 is 9.69 Å².